The Balaban J connectivity index is 2.01. The number of aromatic nitrogens is 1. The molecule has 10 heteroatoms. The SMILES string of the molecule is FC(F)(F)c1ccnc(N2CCC(c3cc(Cl)cc(Cl)c3)(C(F)(F)F)C2)c1. The summed E-state index contributed by atoms with van der Waals surface area (Å²) >= 11 is 11.7. The first-order valence-electron chi connectivity index (χ1n) is 7.74. The fourth-order valence-electron chi connectivity index (χ4n) is 3.23. The average molecular weight is 429 g/mol. The molecule has 2 nitrogen and oxygen atoms in total. The molecule has 0 bridgehead atoms. The van der Waals surface area contributed by atoms with Crippen LogP contribution in [0.3, 0.4) is 0 Å². The summed E-state index contributed by atoms with van der Waals surface area (Å²) in [5.74, 6) is -0.163. The zero-order valence-electron chi connectivity index (χ0n) is 13.5. The van der Waals surface area contributed by atoms with Gasteiger partial charge in [-0.25, -0.2) is 4.98 Å². The number of rotatable bonds is 2. The molecular formula is C17H12Cl2F6N2. The maximum atomic E-state index is 14.0. The molecule has 1 unspecified atom stereocenters. The zero-order chi connectivity index (χ0) is 20.0. The van der Waals surface area contributed by atoms with E-state index in [1.807, 2.05) is 0 Å². The van der Waals surface area contributed by atoms with Gasteiger partial charge < -0.3 is 4.90 Å². The second kappa shape index (κ2) is 6.74. The van der Waals surface area contributed by atoms with Crippen LogP contribution in [0.5, 0.6) is 0 Å². The molecule has 3 rings (SSSR count). The summed E-state index contributed by atoms with van der Waals surface area (Å²) in [7, 11) is 0. The normalized spacial score (nSPS) is 21.0. The summed E-state index contributed by atoms with van der Waals surface area (Å²) in [5.41, 5.74) is -3.40. The highest BCUT2D eigenvalue weighted by molar-refractivity contribution is 6.34. The van der Waals surface area contributed by atoms with Crippen molar-refractivity contribution >= 4 is 29.0 Å². The third-order valence-corrected chi connectivity index (χ3v) is 5.06. The van der Waals surface area contributed by atoms with Gasteiger partial charge in [-0.3, -0.25) is 0 Å². The van der Waals surface area contributed by atoms with Crippen LogP contribution in [-0.4, -0.2) is 24.2 Å². The van der Waals surface area contributed by atoms with Gasteiger partial charge in [0.05, 0.1) is 5.56 Å². The number of halogens is 8. The number of benzene rings is 1. The van der Waals surface area contributed by atoms with Crippen molar-refractivity contribution in [2.24, 2.45) is 0 Å². The highest BCUT2D eigenvalue weighted by Crippen LogP contribution is 2.49. The summed E-state index contributed by atoms with van der Waals surface area (Å²) in [4.78, 5) is 5.01. The van der Waals surface area contributed by atoms with Crippen molar-refractivity contribution in [3.05, 3.63) is 57.7 Å². The van der Waals surface area contributed by atoms with E-state index < -0.39 is 29.9 Å². The van der Waals surface area contributed by atoms with E-state index in [0.717, 1.165) is 18.3 Å². The predicted molar refractivity (Wildman–Crippen MR) is 90.3 cm³/mol. The molecule has 2 aromatic rings. The molecule has 1 aromatic carbocycles. The van der Waals surface area contributed by atoms with Crippen LogP contribution in [0.25, 0.3) is 0 Å². The van der Waals surface area contributed by atoms with Crippen LogP contribution >= 0.6 is 23.2 Å². The van der Waals surface area contributed by atoms with E-state index in [9.17, 15) is 26.3 Å². The first-order chi connectivity index (χ1) is 12.4. The fourth-order valence-corrected chi connectivity index (χ4v) is 3.76. The Bertz CT molecular complexity index is 832. The molecule has 0 spiro atoms. The van der Waals surface area contributed by atoms with Gasteiger partial charge in [-0.05, 0) is 42.3 Å². The van der Waals surface area contributed by atoms with E-state index in [1.54, 1.807) is 0 Å². The molecule has 27 heavy (non-hydrogen) atoms. The Morgan fingerprint density at radius 1 is 0.963 bits per heavy atom. The monoisotopic (exact) mass is 428 g/mol. The van der Waals surface area contributed by atoms with E-state index in [-0.39, 0.29) is 34.4 Å². The third-order valence-electron chi connectivity index (χ3n) is 4.62. The molecule has 1 atom stereocenters. The Hall–Kier alpha value is -1.67. The van der Waals surface area contributed by atoms with Gasteiger partial charge in [-0.15, -0.1) is 0 Å². The molecule has 1 saturated heterocycles. The number of alkyl halides is 6. The lowest BCUT2D eigenvalue weighted by atomic mass is 9.79. The molecule has 1 aliphatic heterocycles. The minimum absolute atomic E-state index is 0.0526. The van der Waals surface area contributed by atoms with Crippen molar-refractivity contribution < 1.29 is 26.3 Å². The van der Waals surface area contributed by atoms with Gasteiger partial charge in [0.25, 0.3) is 0 Å². The van der Waals surface area contributed by atoms with Crippen LogP contribution in [0.1, 0.15) is 17.5 Å². The van der Waals surface area contributed by atoms with Crippen molar-refractivity contribution in [3.8, 4) is 0 Å². The van der Waals surface area contributed by atoms with Crippen LogP contribution in [0.4, 0.5) is 32.2 Å². The Labute approximate surface area is 160 Å². The Morgan fingerprint density at radius 2 is 1.59 bits per heavy atom. The summed E-state index contributed by atoms with van der Waals surface area (Å²) in [5, 5.41) is 0.105. The smallest absolute Gasteiger partial charge is 0.355 e. The average Bonchev–Trinajstić information content (AvgIpc) is 3.00. The molecule has 0 amide bonds. The first-order valence-corrected chi connectivity index (χ1v) is 8.49. The van der Waals surface area contributed by atoms with Crippen molar-refractivity contribution in [1.29, 1.82) is 0 Å². The molecule has 0 radical (unpaired) electrons. The quantitative estimate of drug-likeness (QED) is 0.535. The Morgan fingerprint density at radius 3 is 2.15 bits per heavy atom. The molecule has 2 heterocycles. The van der Waals surface area contributed by atoms with Crippen molar-refractivity contribution in [1.82, 2.24) is 4.98 Å². The molecule has 1 aliphatic rings. The van der Waals surface area contributed by atoms with Gasteiger partial charge in [0.2, 0.25) is 0 Å². The molecular weight excluding hydrogens is 417 g/mol. The summed E-state index contributed by atoms with van der Waals surface area (Å²) in [6.07, 6.45) is -8.69. The van der Waals surface area contributed by atoms with Crippen LogP contribution in [0.2, 0.25) is 10.0 Å². The van der Waals surface area contributed by atoms with E-state index in [2.05, 4.69) is 4.98 Å². The van der Waals surface area contributed by atoms with E-state index >= 15 is 0 Å². The van der Waals surface area contributed by atoms with Crippen molar-refractivity contribution in [3.63, 3.8) is 0 Å². The lowest BCUT2D eigenvalue weighted by molar-refractivity contribution is -0.184. The minimum atomic E-state index is -4.66. The highest BCUT2D eigenvalue weighted by Gasteiger charge is 2.59. The number of nitrogens with zero attached hydrogens (tertiary/aromatic N) is 2. The topological polar surface area (TPSA) is 16.1 Å². The van der Waals surface area contributed by atoms with Crippen LogP contribution in [0, 0.1) is 0 Å². The van der Waals surface area contributed by atoms with Gasteiger partial charge in [-0.1, -0.05) is 23.2 Å². The second-order valence-electron chi connectivity index (χ2n) is 6.31. The number of hydrogen-bond donors (Lipinski definition) is 0. The van der Waals surface area contributed by atoms with Crippen molar-refractivity contribution in [2.45, 2.75) is 24.2 Å². The standard InChI is InChI=1S/C17H12Cl2F6N2/c18-12-5-11(6-13(19)8-12)15(17(23,24)25)2-4-27(9-15)14-7-10(1-3-26-14)16(20,21)22/h1,3,5-8H,2,4,9H2. The zero-order valence-corrected chi connectivity index (χ0v) is 15.0. The number of pyridine rings is 1. The van der Waals surface area contributed by atoms with Gasteiger partial charge >= 0.3 is 12.4 Å². The van der Waals surface area contributed by atoms with Gasteiger partial charge in [0.1, 0.15) is 11.2 Å². The largest absolute Gasteiger partial charge is 0.416 e. The number of anilines is 1. The first kappa shape index (κ1) is 20.1. The van der Waals surface area contributed by atoms with Crippen LogP contribution in [0.15, 0.2) is 36.5 Å². The minimum Gasteiger partial charge on any atom is -0.355 e. The lowest BCUT2D eigenvalue weighted by Gasteiger charge is -2.32. The highest BCUT2D eigenvalue weighted by atomic mass is 35.5. The number of hydrogen-bond acceptors (Lipinski definition) is 2. The van der Waals surface area contributed by atoms with Crippen LogP contribution < -0.4 is 4.90 Å². The van der Waals surface area contributed by atoms with Gasteiger partial charge in [0.15, 0.2) is 0 Å². The fraction of sp³-hybridized carbons (Fsp3) is 0.353. The predicted octanol–water partition coefficient (Wildman–Crippen LogP) is 6.12. The van der Waals surface area contributed by atoms with E-state index in [0.29, 0.717) is 0 Å². The van der Waals surface area contributed by atoms with Gasteiger partial charge in [0, 0.05) is 29.3 Å². The molecule has 146 valence electrons. The third kappa shape index (κ3) is 3.82. The molecule has 1 fully saturated rings. The summed E-state index contributed by atoms with van der Waals surface area (Å²) in [6.45, 7) is -0.695. The molecule has 1 aromatic heterocycles. The molecule has 0 saturated carbocycles. The van der Waals surface area contributed by atoms with Crippen LogP contribution in [-0.2, 0) is 11.6 Å². The second-order valence-corrected chi connectivity index (χ2v) is 7.18. The summed E-state index contributed by atoms with van der Waals surface area (Å²) < 4.78 is 80.7. The molecule has 0 aliphatic carbocycles. The Kier molecular flexibility index (Phi) is 5.01. The lowest BCUT2D eigenvalue weighted by Crippen LogP contribution is -2.45. The maximum Gasteiger partial charge on any atom is 0.416 e. The van der Waals surface area contributed by atoms with E-state index in [1.165, 1.54) is 23.1 Å². The van der Waals surface area contributed by atoms with Gasteiger partial charge in [-0.2, -0.15) is 26.3 Å². The van der Waals surface area contributed by atoms with Crippen molar-refractivity contribution in [2.75, 3.05) is 18.0 Å². The maximum absolute atomic E-state index is 14.0. The molecule has 0 N–H and O–H groups in total. The van der Waals surface area contributed by atoms with E-state index in [4.69, 9.17) is 23.2 Å². The summed E-state index contributed by atoms with van der Waals surface area (Å²) in [6, 6.07) is 5.20.